The number of nitrogens with zero attached hydrogens (tertiary/aromatic N) is 2. The summed E-state index contributed by atoms with van der Waals surface area (Å²) >= 11 is 2.98. The Bertz CT molecular complexity index is 520. The van der Waals surface area contributed by atoms with Gasteiger partial charge in [-0.2, -0.15) is 0 Å². The highest BCUT2D eigenvalue weighted by atomic mass is 79.9. The van der Waals surface area contributed by atoms with E-state index in [-0.39, 0.29) is 4.47 Å². The summed E-state index contributed by atoms with van der Waals surface area (Å²) in [6.45, 7) is 3.67. The molecule has 7 heteroatoms. The van der Waals surface area contributed by atoms with Crippen molar-refractivity contribution in [1.29, 1.82) is 0 Å². The van der Waals surface area contributed by atoms with Gasteiger partial charge in [0, 0.05) is 39.8 Å². The number of hydrogen-bond acceptors (Lipinski definition) is 3. The van der Waals surface area contributed by atoms with Crippen LogP contribution in [0.5, 0.6) is 0 Å². The minimum Gasteiger partial charge on any atom is -0.383 e. The van der Waals surface area contributed by atoms with Gasteiger partial charge in [-0.25, -0.2) is 8.78 Å². The molecule has 1 saturated heterocycles. The second kappa shape index (κ2) is 7.29. The lowest BCUT2D eigenvalue weighted by atomic mass is 10.1. The SMILES string of the molecule is COCCN1CCN(C(=O)c2c(F)ccc(Br)c2F)CC1. The predicted molar refractivity (Wildman–Crippen MR) is 78.3 cm³/mol. The van der Waals surface area contributed by atoms with Crippen LogP contribution in [0.4, 0.5) is 8.78 Å². The Morgan fingerprint density at radius 3 is 2.57 bits per heavy atom. The zero-order valence-electron chi connectivity index (χ0n) is 11.7. The van der Waals surface area contributed by atoms with Crippen LogP contribution < -0.4 is 0 Å². The molecule has 1 aliphatic rings. The van der Waals surface area contributed by atoms with Crippen LogP contribution in [0.1, 0.15) is 10.4 Å². The van der Waals surface area contributed by atoms with E-state index in [9.17, 15) is 13.6 Å². The van der Waals surface area contributed by atoms with Gasteiger partial charge in [-0.1, -0.05) is 0 Å². The van der Waals surface area contributed by atoms with Crippen molar-refractivity contribution in [3.05, 3.63) is 33.8 Å². The van der Waals surface area contributed by atoms with Gasteiger partial charge >= 0.3 is 0 Å². The molecule has 2 rings (SSSR count). The molecule has 21 heavy (non-hydrogen) atoms. The highest BCUT2D eigenvalue weighted by Gasteiger charge is 2.27. The topological polar surface area (TPSA) is 32.8 Å². The number of carbonyl (C=O) groups excluding carboxylic acids is 1. The van der Waals surface area contributed by atoms with Gasteiger partial charge < -0.3 is 9.64 Å². The largest absolute Gasteiger partial charge is 0.383 e. The number of piperazine rings is 1. The molecule has 116 valence electrons. The zero-order chi connectivity index (χ0) is 15.4. The molecule has 1 aliphatic heterocycles. The van der Waals surface area contributed by atoms with Gasteiger partial charge in [0.25, 0.3) is 5.91 Å². The van der Waals surface area contributed by atoms with E-state index in [1.54, 1.807) is 7.11 Å². The molecule has 1 fully saturated rings. The van der Waals surface area contributed by atoms with E-state index in [1.807, 2.05) is 0 Å². The molecule has 0 atom stereocenters. The van der Waals surface area contributed by atoms with Gasteiger partial charge in [-0.3, -0.25) is 9.69 Å². The number of amides is 1. The van der Waals surface area contributed by atoms with Crippen molar-refractivity contribution in [1.82, 2.24) is 9.80 Å². The highest BCUT2D eigenvalue weighted by Crippen LogP contribution is 2.23. The molecule has 0 aliphatic carbocycles. The third-order valence-corrected chi connectivity index (χ3v) is 4.14. The summed E-state index contributed by atoms with van der Waals surface area (Å²) in [5, 5.41) is 0. The van der Waals surface area contributed by atoms with E-state index < -0.39 is 23.1 Å². The fourth-order valence-corrected chi connectivity index (χ4v) is 2.61. The molecule has 0 N–H and O–H groups in total. The summed E-state index contributed by atoms with van der Waals surface area (Å²) in [7, 11) is 1.64. The fourth-order valence-electron chi connectivity index (χ4n) is 2.28. The smallest absolute Gasteiger partial charge is 0.259 e. The monoisotopic (exact) mass is 362 g/mol. The van der Waals surface area contributed by atoms with Crippen molar-refractivity contribution in [3.8, 4) is 0 Å². The Kier molecular flexibility index (Phi) is 5.66. The minimum atomic E-state index is -0.846. The van der Waals surface area contributed by atoms with Crippen molar-refractivity contribution in [2.75, 3.05) is 46.4 Å². The van der Waals surface area contributed by atoms with Crippen molar-refractivity contribution in [2.24, 2.45) is 0 Å². The Labute approximate surface area is 130 Å². The molecular formula is C14H17BrF2N2O2. The second-order valence-electron chi connectivity index (χ2n) is 4.84. The first kappa shape index (κ1) is 16.3. The minimum absolute atomic E-state index is 0.0889. The quantitative estimate of drug-likeness (QED) is 0.769. The van der Waals surface area contributed by atoms with Gasteiger partial charge in [0.1, 0.15) is 11.4 Å². The Hall–Kier alpha value is -1.05. The standard InChI is InChI=1S/C14H17BrF2N2O2/c1-21-9-8-18-4-6-19(7-5-18)14(20)12-11(16)3-2-10(15)13(12)17/h2-3H,4-9H2,1H3. The van der Waals surface area contributed by atoms with Crippen LogP contribution in [0, 0.1) is 11.6 Å². The second-order valence-corrected chi connectivity index (χ2v) is 5.70. The first-order valence-corrected chi connectivity index (χ1v) is 7.48. The fraction of sp³-hybridized carbons (Fsp3) is 0.500. The molecule has 1 aromatic carbocycles. The lowest BCUT2D eigenvalue weighted by Gasteiger charge is -2.34. The van der Waals surface area contributed by atoms with Gasteiger partial charge in [0.2, 0.25) is 0 Å². The van der Waals surface area contributed by atoms with E-state index in [0.717, 1.165) is 12.6 Å². The van der Waals surface area contributed by atoms with Crippen molar-refractivity contribution < 1.29 is 18.3 Å². The van der Waals surface area contributed by atoms with Crippen molar-refractivity contribution in [3.63, 3.8) is 0 Å². The van der Waals surface area contributed by atoms with E-state index in [0.29, 0.717) is 32.8 Å². The van der Waals surface area contributed by atoms with Gasteiger partial charge in [0.05, 0.1) is 11.1 Å². The maximum Gasteiger partial charge on any atom is 0.259 e. The number of benzene rings is 1. The number of carbonyl (C=O) groups is 1. The van der Waals surface area contributed by atoms with E-state index in [1.165, 1.54) is 11.0 Å². The molecule has 0 radical (unpaired) electrons. The average Bonchev–Trinajstić information content (AvgIpc) is 2.49. The Morgan fingerprint density at radius 2 is 1.95 bits per heavy atom. The van der Waals surface area contributed by atoms with Crippen molar-refractivity contribution >= 4 is 21.8 Å². The molecule has 1 heterocycles. The summed E-state index contributed by atoms with van der Waals surface area (Å²) < 4.78 is 32.8. The number of hydrogen-bond donors (Lipinski definition) is 0. The van der Waals surface area contributed by atoms with Crippen molar-refractivity contribution in [2.45, 2.75) is 0 Å². The molecule has 0 aromatic heterocycles. The summed E-state index contributed by atoms with van der Waals surface area (Å²) in [6, 6.07) is 2.35. The number of methoxy groups -OCH3 is 1. The van der Waals surface area contributed by atoms with Crippen LogP contribution in [0.15, 0.2) is 16.6 Å². The molecule has 0 saturated carbocycles. The predicted octanol–water partition coefficient (Wildman–Crippen LogP) is 2.13. The van der Waals surface area contributed by atoms with E-state index in [4.69, 9.17) is 4.74 Å². The summed E-state index contributed by atoms with van der Waals surface area (Å²) in [4.78, 5) is 15.9. The van der Waals surface area contributed by atoms with Crippen LogP contribution in [-0.2, 0) is 4.74 Å². The van der Waals surface area contributed by atoms with Crippen LogP contribution in [0.25, 0.3) is 0 Å². The third-order valence-electron chi connectivity index (χ3n) is 3.53. The number of ether oxygens (including phenoxy) is 1. The molecule has 0 bridgehead atoms. The Morgan fingerprint density at radius 1 is 1.29 bits per heavy atom. The van der Waals surface area contributed by atoms with Gasteiger partial charge in [-0.15, -0.1) is 0 Å². The number of rotatable bonds is 4. The molecule has 4 nitrogen and oxygen atoms in total. The van der Waals surface area contributed by atoms with Crippen LogP contribution in [0.3, 0.4) is 0 Å². The summed E-state index contributed by atoms with van der Waals surface area (Å²) in [6.07, 6.45) is 0. The molecule has 1 amide bonds. The van der Waals surface area contributed by atoms with Crippen LogP contribution in [-0.4, -0.2) is 62.1 Å². The molecule has 0 spiro atoms. The summed E-state index contributed by atoms with van der Waals surface area (Å²) in [5.41, 5.74) is -0.491. The van der Waals surface area contributed by atoms with Gasteiger partial charge in [-0.05, 0) is 28.1 Å². The van der Waals surface area contributed by atoms with E-state index in [2.05, 4.69) is 20.8 Å². The van der Waals surface area contributed by atoms with E-state index >= 15 is 0 Å². The highest BCUT2D eigenvalue weighted by molar-refractivity contribution is 9.10. The lowest BCUT2D eigenvalue weighted by Crippen LogP contribution is -2.49. The first-order valence-electron chi connectivity index (χ1n) is 6.68. The van der Waals surface area contributed by atoms with Crippen LogP contribution >= 0.6 is 15.9 Å². The average molecular weight is 363 g/mol. The number of halogens is 3. The lowest BCUT2D eigenvalue weighted by molar-refractivity contribution is 0.0585. The maximum atomic E-state index is 13.9. The molecule has 0 unspecified atom stereocenters. The summed E-state index contributed by atoms with van der Waals surface area (Å²) in [5.74, 6) is -2.28. The zero-order valence-corrected chi connectivity index (χ0v) is 13.3. The third kappa shape index (κ3) is 3.78. The van der Waals surface area contributed by atoms with Crippen LogP contribution in [0.2, 0.25) is 0 Å². The Balaban J connectivity index is 2.04. The normalized spacial score (nSPS) is 16.3. The molecular weight excluding hydrogens is 346 g/mol. The van der Waals surface area contributed by atoms with Gasteiger partial charge in [0.15, 0.2) is 5.82 Å². The maximum absolute atomic E-state index is 13.9. The molecule has 1 aromatic rings. The first-order chi connectivity index (χ1) is 10.0.